The van der Waals surface area contributed by atoms with E-state index in [0.29, 0.717) is 0 Å². The van der Waals surface area contributed by atoms with E-state index >= 15 is 0 Å². The molecule has 0 unspecified atom stereocenters. The topological polar surface area (TPSA) is 89.3 Å². The molecular formula is C25H54N2O2. The third-order valence-corrected chi connectivity index (χ3v) is 6.22. The van der Waals surface area contributed by atoms with Gasteiger partial charge in [-0.05, 0) is 38.8 Å². The van der Waals surface area contributed by atoms with Gasteiger partial charge in [0.2, 0.25) is 0 Å². The third-order valence-electron chi connectivity index (χ3n) is 6.22. The maximum Gasteiger partial charge on any atom is 0.309 e. The van der Waals surface area contributed by atoms with Gasteiger partial charge >= 0.3 is 5.97 Å². The Morgan fingerprint density at radius 2 is 0.966 bits per heavy atom. The summed E-state index contributed by atoms with van der Waals surface area (Å²) < 4.78 is 0. The second kappa shape index (κ2) is 23.7. The molecule has 0 amide bonds. The van der Waals surface area contributed by atoms with E-state index in [0.717, 1.165) is 45.2 Å². The molecule has 5 N–H and O–H groups in total. The Kier molecular flexibility index (Phi) is 25.0. The number of hydrogen-bond donors (Lipinski definition) is 3. The Labute approximate surface area is 182 Å². The lowest BCUT2D eigenvalue weighted by Crippen LogP contribution is -2.29. The molecule has 0 atom stereocenters. The maximum absolute atomic E-state index is 11.4. The number of hydrogen-bond acceptors (Lipinski definition) is 3. The van der Waals surface area contributed by atoms with E-state index in [9.17, 15) is 9.90 Å². The summed E-state index contributed by atoms with van der Waals surface area (Å²) in [4.78, 5) is 11.4. The molecule has 0 aliphatic carbocycles. The lowest BCUT2D eigenvalue weighted by Gasteiger charge is -2.26. The molecule has 0 aliphatic rings. The molecule has 0 heterocycles. The van der Waals surface area contributed by atoms with E-state index in [4.69, 9.17) is 11.5 Å². The fourth-order valence-corrected chi connectivity index (χ4v) is 3.79. The summed E-state index contributed by atoms with van der Waals surface area (Å²) in [6.07, 6.45) is 22.2. The van der Waals surface area contributed by atoms with Crippen LogP contribution in [-0.4, -0.2) is 24.2 Å². The van der Waals surface area contributed by atoms with Crippen LogP contribution in [0.2, 0.25) is 0 Å². The highest BCUT2D eigenvalue weighted by molar-refractivity contribution is 5.74. The van der Waals surface area contributed by atoms with Gasteiger partial charge in [0, 0.05) is 0 Å². The highest BCUT2D eigenvalue weighted by Gasteiger charge is 2.33. The van der Waals surface area contributed by atoms with Crippen LogP contribution in [0.4, 0.5) is 0 Å². The van der Waals surface area contributed by atoms with Gasteiger partial charge in [-0.15, -0.1) is 0 Å². The highest BCUT2D eigenvalue weighted by Crippen LogP contribution is 2.33. The molecule has 4 nitrogen and oxygen atoms in total. The Bertz CT molecular complexity index is 329. The molecular weight excluding hydrogens is 360 g/mol. The second-order valence-electron chi connectivity index (χ2n) is 8.57. The van der Waals surface area contributed by atoms with Crippen molar-refractivity contribution >= 4 is 5.97 Å². The van der Waals surface area contributed by atoms with Gasteiger partial charge < -0.3 is 16.6 Å². The van der Waals surface area contributed by atoms with Crippen LogP contribution in [-0.2, 0) is 4.79 Å². The molecule has 29 heavy (non-hydrogen) atoms. The number of nitrogens with two attached hydrogens (primary N) is 2. The van der Waals surface area contributed by atoms with E-state index in [2.05, 4.69) is 6.92 Å². The normalized spacial score (nSPS) is 11.2. The number of aliphatic carboxylic acids is 1. The van der Waals surface area contributed by atoms with Crippen molar-refractivity contribution in [3.8, 4) is 0 Å². The largest absolute Gasteiger partial charge is 0.481 e. The van der Waals surface area contributed by atoms with Gasteiger partial charge in [-0.2, -0.15) is 0 Å². The van der Waals surface area contributed by atoms with E-state index in [1.54, 1.807) is 0 Å². The molecule has 0 rings (SSSR count). The van der Waals surface area contributed by atoms with Crippen LogP contribution in [0.25, 0.3) is 0 Å². The van der Waals surface area contributed by atoms with Crippen molar-refractivity contribution in [1.29, 1.82) is 0 Å². The fourth-order valence-electron chi connectivity index (χ4n) is 3.79. The molecule has 0 saturated carbocycles. The van der Waals surface area contributed by atoms with Crippen LogP contribution in [0.5, 0.6) is 0 Å². The van der Waals surface area contributed by atoms with Gasteiger partial charge in [-0.25, -0.2) is 0 Å². The van der Waals surface area contributed by atoms with Gasteiger partial charge in [0.1, 0.15) is 0 Å². The molecule has 0 aromatic carbocycles. The molecule has 0 aromatic heterocycles. The van der Waals surface area contributed by atoms with Gasteiger partial charge in [0.05, 0.1) is 5.41 Å². The average Bonchev–Trinajstić information content (AvgIpc) is 2.72. The Morgan fingerprint density at radius 3 is 1.21 bits per heavy atom. The van der Waals surface area contributed by atoms with Gasteiger partial charge in [-0.1, -0.05) is 111 Å². The van der Waals surface area contributed by atoms with E-state index in [-0.39, 0.29) is 0 Å². The first-order chi connectivity index (χ1) is 14.0. The van der Waals surface area contributed by atoms with E-state index in [1.807, 2.05) is 13.8 Å². The average molecular weight is 415 g/mol. The smallest absolute Gasteiger partial charge is 0.309 e. The highest BCUT2D eigenvalue weighted by atomic mass is 16.4. The number of carboxylic acids is 1. The van der Waals surface area contributed by atoms with Crippen molar-refractivity contribution in [3.63, 3.8) is 0 Å². The minimum atomic E-state index is -0.595. The summed E-state index contributed by atoms with van der Waals surface area (Å²) in [5.74, 6) is -0.595. The quantitative estimate of drug-likeness (QED) is 0.186. The predicted molar refractivity (Wildman–Crippen MR) is 128 cm³/mol. The number of rotatable bonds is 20. The molecule has 4 heteroatoms. The summed E-state index contributed by atoms with van der Waals surface area (Å²) in [7, 11) is 0. The van der Waals surface area contributed by atoms with Crippen LogP contribution in [0.15, 0.2) is 0 Å². The predicted octanol–water partition coefficient (Wildman–Crippen LogP) is 7.04. The molecule has 0 aliphatic heterocycles. The number of carbonyl (C=O) groups is 1. The molecule has 0 spiro atoms. The second-order valence-corrected chi connectivity index (χ2v) is 8.57. The van der Waals surface area contributed by atoms with Crippen molar-refractivity contribution in [2.24, 2.45) is 16.9 Å². The van der Waals surface area contributed by atoms with Gasteiger partial charge in [-0.3, -0.25) is 4.79 Å². The third kappa shape index (κ3) is 19.1. The molecule has 0 bridgehead atoms. The number of unbranched alkanes of at least 4 members (excludes halogenated alkanes) is 13. The minimum absolute atomic E-state index is 0.461. The first-order valence-electron chi connectivity index (χ1n) is 12.7. The first-order valence-corrected chi connectivity index (χ1v) is 12.7. The maximum atomic E-state index is 11.4. The van der Waals surface area contributed by atoms with Crippen molar-refractivity contribution in [3.05, 3.63) is 0 Å². The summed E-state index contributed by atoms with van der Waals surface area (Å²) >= 11 is 0. The lowest BCUT2D eigenvalue weighted by atomic mass is 9.78. The zero-order valence-electron chi connectivity index (χ0n) is 20.2. The number of carboxylic acid groups (broad SMARTS) is 1. The summed E-state index contributed by atoms with van der Waals surface area (Å²) in [5, 5.41) is 9.43. The van der Waals surface area contributed by atoms with Crippen molar-refractivity contribution in [2.75, 3.05) is 13.1 Å². The Hall–Kier alpha value is -0.610. The standard InChI is InChI=1S/C22H44O2.C3H10N2/c1-4-7-8-9-10-11-12-13-14-15-16-17-18-19-20-22(5-2,6-3)21(23)24;4-2-1-3-5/h4-20H2,1-3H3,(H,23,24);1-5H2. The minimum Gasteiger partial charge on any atom is -0.481 e. The van der Waals surface area contributed by atoms with Crippen molar-refractivity contribution in [2.45, 2.75) is 136 Å². The summed E-state index contributed by atoms with van der Waals surface area (Å²) in [6.45, 7) is 7.74. The van der Waals surface area contributed by atoms with Gasteiger partial charge in [0.25, 0.3) is 0 Å². The Balaban J connectivity index is 0. The van der Waals surface area contributed by atoms with Gasteiger partial charge in [0.15, 0.2) is 0 Å². The monoisotopic (exact) mass is 414 g/mol. The SMILES string of the molecule is CCCCCCCCCCCCCCCCC(CC)(CC)C(=O)O.NCCCN. The lowest BCUT2D eigenvalue weighted by molar-refractivity contribution is -0.150. The van der Waals surface area contributed by atoms with Crippen LogP contribution >= 0.6 is 0 Å². The summed E-state index contributed by atoms with van der Waals surface area (Å²) in [6, 6.07) is 0. The van der Waals surface area contributed by atoms with Crippen molar-refractivity contribution < 1.29 is 9.90 Å². The fraction of sp³-hybridized carbons (Fsp3) is 0.960. The molecule has 0 fully saturated rings. The Morgan fingerprint density at radius 1 is 0.621 bits per heavy atom. The first kappa shape index (κ1) is 30.6. The summed E-state index contributed by atoms with van der Waals surface area (Å²) in [5.41, 5.74) is 9.66. The van der Waals surface area contributed by atoms with Crippen LogP contribution in [0.1, 0.15) is 136 Å². The van der Waals surface area contributed by atoms with Crippen LogP contribution in [0, 0.1) is 5.41 Å². The van der Waals surface area contributed by atoms with E-state index < -0.39 is 11.4 Å². The molecule has 0 radical (unpaired) electrons. The zero-order chi connectivity index (χ0) is 22.2. The van der Waals surface area contributed by atoms with Crippen LogP contribution in [0.3, 0.4) is 0 Å². The zero-order valence-corrected chi connectivity index (χ0v) is 20.2. The van der Waals surface area contributed by atoms with E-state index in [1.165, 1.54) is 83.5 Å². The molecule has 176 valence electrons. The van der Waals surface area contributed by atoms with Crippen molar-refractivity contribution in [1.82, 2.24) is 0 Å². The molecule has 0 saturated heterocycles. The van der Waals surface area contributed by atoms with Crippen LogP contribution < -0.4 is 11.5 Å². The molecule has 0 aromatic rings.